The molecule has 18 heavy (non-hydrogen) atoms. The number of nitrogens with zero attached hydrogens (tertiary/aromatic N) is 1. The molecule has 0 radical (unpaired) electrons. The molecule has 0 aliphatic heterocycles. The van der Waals surface area contributed by atoms with Gasteiger partial charge in [0.15, 0.2) is 0 Å². The van der Waals surface area contributed by atoms with Crippen LogP contribution in [0.4, 0.5) is 0 Å². The van der Waals surface area contributed by atoms with Crippen molar-refractivity contribution in [2.45, 2.75) is 19.9 Å². The maximum absolute atomic E-state index is 12.0. The lowest BCUT2D eigenvalue weighted by molar-refractivity contribution is 0.256. The Labute approximate surface area is 109 Å². The van der Waals surface area contributed by atoms with Crippen LogP contribution in [-0.4, -0.2) is 37.5 Å². The van der Waals surface area contributed by atoms with E-state index in [1.807, 2.05) is 18.2 Å². The van der Waals surface area contributed by atoms with E-state index in [0.717, 1.165) is 5.56 Å². The summed E-state index contributed by atoms with van der Waals surface area (Å²) in [6.07, 6.45) is 0. The number of benzene rings is 1. The Bertz CT molecular complexity index is 444. The van der Waals surface area contributed by atoms with Crippen LogP contribution >= 0.6 is 0 Å². The molecule has 5 nitrogen and oxygen atoms in total. The zero-order valence-corrected chi connectivity index (χ0v) is 11.5. The highest BCUT2D eigenvalue weighted by Crippen LogP contribution is 2.14. The van der Waals surface area contributed by atoms with Crippen LogP contribution in [0, 0.1) is 0 Å². The summed E-state index contributed by atoms with van der Waals surface area (Å²) in [5, 5.41) is 9.32. The lowest BCUT2D eigenvalue weighted by Gasteiger charge is -2.23. The van der Waals surface area contributed by atoms with Crippen LogP contribution in [-0.2, 0) is 10.2 Å². The molecule has 0 bridgehead atoms. The van der Waals surface area contributed by atoms with Crippen molar-refractivity contribution in [2.75, 3.05) is 19.7 Å². The normalized spacial score (nSPS) is 13.8. The molecular formula is C12H20N2O3S. The number of rotatable bonds is 7. The van der Waals surface area contributed by atoms with Gasteiger partial charge >= 0.3 is 0 Å². The van der Waals surface area contributed by atoms with Crippen LogP contribution in [0.3, 0.4) is 0 Å². The molecular weight excluding hydrogens is 252 g/mol. The molecule has 2 N–H and O–H groups in total. The topological polar surface area (TPSA) is 69.6 Å². The second kappa shape index (κ2) is 6.84. The van der Waals surface area contributed by atoms with Gasteiger partial charge < -0.3 is 5.11 Å². The quantitative estimate of drug-likeness (QED) is 0.774. The van der Waals surface area contributed by atoms with Crippen LogP contribution in [0.1, 0.15) is 25.5 Å². The Balaban J connectivity index is 2.87. The number of aliphatic hydroxyl groups is 1. The van der Waals surface area contributed by atoms with Gasteiger partial charge in [0.05, 0.1) is 12.6 Å². The van der Waals surface area contributed by atoms with Crippen LogP contribution in [0.25, 0.3) is 0 Å². The van der Waals surface area contributed by atoms with Gasteiger partial charge in [-0.15, -0.1) is 0 Å². The smallest absolute Gasteiger partial charge is 0.280 e. The zero-order valence-electron chi connectivity index (χ0n) is 10.7. The third-order valence-electron chi connectivity index (χ3n) is 2.72. The standard InChI is InChI=1S/C12H20N2O3S/c1-3-14(4-2)18(16,17)13-12(10-15)11-8-6-5-7-9-11/h5-9,12-13,15H,3-4,10H2,1-2H3/t12-/m0/s1. The van der Waals surface area contributed by atoms with Crippen molar-refractivity contribution in [3.63, 3.8) is 0 Å². The fraction of sp³-hybridized carbons (Fsp3) is 0.500. The molecule has 0 aliphatic rings. The summed E-state index contributed by atoms with van der Waals surface area (Å²) in [5.41, 5.74) is 0.746. The minimum absolute atomic E-state index is 0.273. The van der Waals surface area contributed by atoms with Gasteiger partial charge in [-0.1, -0.05) is 44.2 Å². The molecule has 1 rings (SSSR count). The molecule has 0 heterocycles. The first-order valence-electron chi connectivity index (χ1n) is 5.98. The second-order valence-electron chi connectivity index (χ2n) is 3.85. The molecule has 1 aromatic rings. The van der Waals surface area contributed by atoms with Gasteiger partial charge in [-0.25, -0.2) is 0 Å². The second-order valence-corrected chi connectivity index (χ2v) is 5.56. The van der Waals surface area contributed by atoms with Crippen molar-refractivity contribution >= 4 is 10.2 Å². The fourth-order valence-corrected chi connectivity index (χ4v) is 3.11. The van der Waals surface area contributed by atoms with Crippen molar-refractivity contribution in [3.05, 3.63) is 35.9 Å². The van der Waals surface area contributed by atoms with E-state index in [2.05, 4.69) is 4.72 Å². The lowest BCUT2D eigenvalue weighted by Crippen LogP contribution is -2.43. The zero-order chi connectivity index (χ0) is 13.6. The van der Waals surface area contributed by atoms with Crippen LogP contribution in [0.5, 0.6) is 0 Å². The van der Waals surface area contributed by atoms with Gasteiger partial charge in [0.2, 0.25) is 0 Å². The van der Waals surface area contributed by atoms with E-state index in [9.17, 15) is 13.5 Å². The predicted molar refractivity (Wildman–Crippen MR) is 71.2 cm³/mol. The number of hydrogen-bond acceptors (Lipinski definition) is 3. The Morgan fingerprint density at radius 2 is 1.78 bits per heavy atom. The highest BCUT2D eigenvalue weighted by Gasteiger charge is 2.23. The minimum atomic E-state index is -3.56. The van der Waals surface area contributed by atoms with Crippen molar-refractivity contribution in [1.82, 2.24) is 9.03 Å². The number of aliphatic hydroxyl groups excluding tert-OH is 1. The fourth-order valence-electron chi connectivity index (χ4n) is 1.71. The average molecular weight is 272 g/mol. The van der Waals surface area contributed by atoms with E-state index in [-0.39, 0.29) is 6.61 Å². The lowest BCUT2D eigenvalue weighted by atomic mass is 10.1. The maximum Gasteiger partial charge on any atom is 0.280 e. The first kappa shape index (κ1) is 15.1. The van der Waals surface area contributed by atoms with Crippen molar-refractivity contribution in [2.24, 2.45) is 0 Å². The van der Waals surface area contributed by atoms with Crippen LogP contribution in [0.2, 0.25) is 0 Å². The molecule has 6 heteroatoms. The highest BCUT2D eigenvalue weighted by molar-refractivity contribution is 7.87. The van der Waals surface area contributed by atoms with E-state index in [0.29, 0.717) is 13.1 Å². The first-order valence-corrected chi connectivity index (χ1v) is 7.42. The molecule has 0 amide bonds. The molecule has 0 saturated heterocycles. The SMILES string of the molecule is CCN(CC)S(=O)(=O)N[C@@H](CO)c1ccccc1. The molecule has 0 aromatic heterocycles. The summed E-state index contributed by atoms with van der Waals surface area (Å²) in [5.74, 6) is 0. The van der Waals surface area contributed by atoms with Gasteiger partial charge in [0.1, 0.15) is 0 Å². The largest absolute Gasteiger partial charge is 0.394 e. The van der Waals surface area contributed by atoms with E-state index >= 15 is 0 Å². The third-order valence-corrected chi connectivity index (χ3v) is 4.50. The van der Waals surface area contributed by atoms with E-state index < -0.39 is 16.3 Å². The average Bonchev–Trinajstić information content (AvgIpc) is 2.38. The highest BCUT2D eigenvalue weighted by atomic mass is 32.2. The molecule has 0 saturated carbocycles. The summed E-state index contributed by atoms with van der Waals surface area (Å²) in [6.45, 7) is 4.08. The van der Waals surface area contributed by atoms with Gasteiger partial charge in [-0.3, -0.25) is 0 Å². The van der Waals surface area contributed by atoms with E-state index in [4.69, 9.17) is 0 Å². The van der Waals surface area contributed by atoms with Crippen LogP contribution < -0.4 is 4.72 Å². The van der Waals surface area contributed by atoms with Crippen molar-refractivity contribution in [1.29, 1.82) is 0 Å². The maximum atomic E-state index is 12.0. The Hall–Kier alpha value is -0.950. The summed E-state index contributed by atoms with van der Waals surface area (Å²) in [7, 11) is -3.56. The Kier molecular flexibility index (Phi) is 5.74. The molecule has 0 aliphatic carbocycles. The first-order chi connectivity index (χ1) is 8.55. The summed E-state index contributed by atoms with van der Waals surface area (Å²) < 4.78 is 27.9. The predicted octanol–water partition coefficient (Wildman–Crippen LogP) is 0.896. The number of nitrogens with one attached hydrogen (secondary N) is 1. The van der Waals surface area contributed by atoms with Crippen molar-refractivity contribution < 1.29 is 13.5 Å². The number of hydrogen-bond donors (Lipinski definition) is 2. The van der Waals surface area contributed by atoms with Gasteiger partial charge in [0, 0.05) is 13.1 Å². The molecule has 0 fully saturated rings. The van der Waals surface area contributed by atoms with Gasteiger partial charge in [-0.05, 0) is 5.56 Å². The summed E-state index contributed by atoms with van der Waals surface area (Å²) in [6, 6.07) is 8.42. The summed E-state index contributed by atoms with van der Waals surface area (Å²) in [4.78, 5) is 0. The van der Waals surface area contributed by atoms with E-state index in [1.54, 1.807) is 26.0 Å². The monoisotopic (exact) mass is 272 g/mol. The van der Waals surface area contributed by atoms with Crippen LogP contribution in [0.15, 0.2) is 30.3 Å². The molecule has 0 unspecified atom stereocenters. The van der Waals surface area contributed by atoms with Gasteiger partial charge in [-0.2, -0.15) is 17.4 Å². The minimum Gasteiger partial charge on any atom is -0.394 e. The summed E-state index contributed by atoms with van der Waals surface area (Å²) >= 11 is 0. The molecule has 1 atom stereocenters. The Morgan fingerprint density at radius 1 is 1.22 bits per heavy atom. The third kappa shape index (κ3) is 3.78. The van der Waals surface area contributed by atoms with Gasteiger partial charge in [0.25, 0.3) is 10.2 Å². The van der Waals surface area contributed by atoms with Crippen molar-refractivity contribution in [3.8, 4) is 0 Å². The molecule has 1 aromatic carbocycles. The van der Waals surface area contributed by atoms with E-state index in [1.165, 1.54) is 4.31 Å². The molecule has 0 spiro atoms. The Morgan fingerprint density at radius 3 is 2.22 bits per heavy atom. The molecule has 102 valence electrons.